The van der Waals surface area contributed by atoms with Crippen molar-refractivity contribution in [2.45, 2.75) is 71.5 Å². The summed E-state index contributed by atoms with van der Waals surface area (Å²) in [7, 11) is 2.20. The zero-order valence-corrected chi connectivity index (χ0v) is 12.3. The standard InChI is InChI=1S/C15H31BO/c1-4-5-6-7-8-10-14(2)13-17-15(3)11-9-12-16/h14H,3-13,16H2,1-2H3. The molecule has 0 radical (unpaired) electrons. The highest BCUT2D eigenvalue weighted by Crippen LogP contribution is 2.14. The smallest absolute Gasteiger partial charge is 0.101 e. The molecule has 0 saturated heterocycles. The summed E-state index contributed by atoms with van der Waals surface area (Å²) in [4.78, 5) is 0. The van der Waals surface area contributed by atoms with Crippen LogP contribution in [0.15, 0.2) is 12.3 Å². The van der Waals surface area contributed by atoms with Crippen LogP contribution in [0.5, 0.6) is 0 Å². The van der Waals surface area contributed by atoms with Crippen molar-refractivity contribution >= 4 is 7.85 Å². The molecule has 1 unspecified atom stereocenters. The van der Waals surface area contributed by atoms with E-state index in [0.29, 0.717) is 5.92 Å². The second-order valence-electron chi connectivity index (χ2n) is 5.26. The third kappa shape index (κ3) is 11.9. The highest BCUT2D eigenvalue weighted by Gasteiger charge is 2.03. The highest BCUT2D eigenvalue weighted by molar-refractivity contribution is 6.08. The summed E-state index contributed by atoms with van der Waals surface area (Å²) in [5.41, 5.74) is 0. The molecular formula is C15H31BO. The van der Waals surface area contributed by atoms with Crippen LogP contribution in [0.4, 0.5) is 0 Å². The lowest BCUT2D eigenvalue weighted by atomic mass is 10.00. The van der Waals surface area contributed by atoms with Gasteiger partial charge in [-0.05, 0) is 12.3 Å². The summed E-state index contributed by atoms with van der Waals surface area (Å²) in [6, 6.07) is 0. The summed E-state index contributed by atoms with van der Waals surface area (Å²) in [6.45, 7) is 9.37. The molecule has 0 fully saturated rings. The SMILES string of the molecule is BCCCC(=C)OCC(C)CCCCCCC. The number of ether oxygens (including phenoxy) is 1. The lowest BCUT2D eigenvalue weighted by Crippen LogP contribution is -2.05. The zero-order chi connectivity index (χ0) is 12.9. The van der Waals surface area contributed by atoms with Crippen LogP contribution in [0.1, 0.15) is 65.2 Å². The number of hydrogen-bond acceptors (Lipinski definition) is 1. The maximum Gasteiger partial charge on any atom is 0.101 e. The quantitative estimate of drug-likeness (QED) is 0.279. The molecule has 0 rings (SSSR count). The lowest BCUT2D eigenvalue weighted by molar-refractivity contribution is 0.159. The average molecular weight is 238 g/mol. The van der Waals surface area contributed by atoms with Crippen molar-refractivity contribution in [1.82, 2.24) is 0 Å². The van der Waals surface area contributed by atoms with Gasteiger partial charge in [0.25, 0.3) is 0 Å². The van der Waals surface area contributed by atoms with Gasteiger partial charge >= 0.3 is 0 Å². The molecule has 0 heterocycles. The first kappa shape index (κ1) is 16.6. The molecule has 0 aromatic rings. The van der Waals surface area contributed by atoms with E-state index in [0.717, 1.165) is 18.8 Å². The molecule has 1 atom stereocenters. The molecular weight excluding hydrogens is 207 g/mol. The maximum atomic E-state index is 5.69. The van der Waals surface area contributed by atoms with Gasteiger partial charge < -0.3 is 4.74 Å². The normalized spacial score (nSPS) is 12.4. The molecule has 1 nitrogen and oxygen atoms in total. The molecule has 0 aromatic heterocycles. The van der Waals surface area contributed by atoms with E-state index in [1.165, 1.54) is 51.3 Å². The fourth-order valence-corrected chi connectivity index (χ4v) is 1.89. The predicted octanol–water partition coefficient (Wildman–Crippen LogP) is 4.34. The molecule has 0 amide bonds. The van der Waals surface area contributed by atoms with Crippen molar-refractivity contribution in [3.63, 3.8) is 0 Å². The second-order valence-corrected chi connectivity index (χ2v) is 5.26. The van der Waals surface area contributed by atoms with E-state index in [1.54, 1.807) is 0 Å². The van der Waals surface area contributed by atoms with Crippen molar-refractivity contribution in [2.75, 3.05) is 6.61 Å². The first-order valence-corrected chi connectivity index (χ1v) is 7.51. The van der Waals surface area contributed by atoms with Crippen LogP contribution in [0, 0.1) is 5.92 Å². The Morgan fingerprint density at radius 3 is 2.53 bits per heavy atom. The molecule has 0 aliphatic carbocycles. The fraction of sp³-hybridized carbons (Fsp3) is 0.867. The molecule has 100 valence electrons. The molecule has 17 heavy (non-hydrogen) atoms. The highest BCUT2D eigenvalue weighted by atomic mass is 16.5. The van der Waals surface area contributed by atoms with E-state index < -0.39 is 0 Å². The minimum absolute atomic E-state index is 0.676. The molecule has 0 saturated carbocycles. The van der Waals surface area contributed by atoms with Gasteiger partial charge in [-0.3, -0.25) is 0 Å². The van der Waals surface area contributed by atoms with Crippen LogP contribution in [-0.2, 0) is 4.74 Å². The summed E-state index contributed by atoms with van der Waals surface area (Å²) in [5, 5.41) is 0. The van der Waals surface area contributed by atoms with Gasteiger partial charge in [0.15, 0.2) is 0 Å². The Morgan fingerprint density at radius 1 is 1.18 bits per heavy atom. The minimum Gasteiger partial charge on any atom is -0.498 e. The zero-order valence-electron chi connectivity index (χ0n) is 12.3. The monoisotopic (exact) mass is 238 g/mol. The molecule has 0 aromatic carbocycles. The maximum absolute atomic E-state index is 5.69. The van der Waals surface area contributed by atoms with Crippen molar-refractivity contribution in [3.8, 4) is 0 Å². The van der Waals surface area contributed by atoms with Crippen LogP contribution in [0.25, 0.3) is 0 Å². The topological polar surface area (TPSA) is 9.23 Å². The second kappa shape index (κ2) is 12.1. The van der Waals surface area contributed by atoms with Crippen LogP contribution < -0.4 is 0 Å². The van der Waals surface area contributed by atoms with Crippen LogP contribution in [-0.4, -0.2) is 14.5 Å². The number of rotatable bonds is 12. The Labute approximate surface area is 109 Å². The Kier molecular flexibility index (Phi) is 11.8. The van der Waals surface area contributed by atoms with Crippen molar-refractivity contribution < 1.29 is 4.74 Å². The van der Waals surface area contributed by atoms with E-state index >= 15 is 0 Å². The van der Waals surface area contributed by atoms with Crippen LogP contribution >= 0.6 is 0 Å². The van der Waals surface area contributed by atoms with Gasteiger partial charge in [0.1, 0.15) is 7.85 Å². The van der Waals surface area contributed by atoms with Gasteiger partial charge in [-0.2, -0.15) is 0 Å². The molecule has 0 spiro atoms. The van der Waals surface area contributed by atoms with E-state index in [9.17, 15) is 0 Å². The van der Waals surface area contributed by atoms with Crippen molar-refractivity contribution in [3.05, 3.63) is 12.3 Å². The summed E-state index contributed by atoms with van der Waals surface area (Å²) < 4.78 is 5.69. The molecule has 2 heteroatoms. The first-order chi connectivity index (χ1) is 8.20. The van der Waals surface area contributed by atoms with Crippen molar-refractivity contribution in [2.24, 2.45) is 5.92 Å². The fourth-order valence-electron chi connectivity index (χ4n) is 1.89. The van der Waals surface area contributed by atoms with E-state index in [2.05, 4.69) is 28.3 Å². The lowest BCUT2D eigenvalue weighted by Gasteiger charge is -2.14. The number of hydrogen-bond donors (Lipinski definition) is 0. The minimum atomic E-state index is 0.676. The van der Waals surface area contributed by atoms with Gasteiger partial charge in [0.05, 0.1) is 12.4 Å². The number of unbranched alkanes of at least 4 members (excludes halogenated alkanes) is 4. The average Bonchev–Trinajstić information content (AvgIpc) is 2.33. The van der Waals surface area contributed by atoms with E-state index in [-0.39, 0.29) is 0 Å². The van der Waals surface area contributed by atoms with Crippen molar-refractivity contribution in [1.29, 1.82) is 0 Å². The summed E-state index contributed by atoms with van der Waals surface area (Å²) in [6.07, 6.45) is 11.6. The first-order valence-electron chi connectivity index (χ1n) is 7.51. The summed E-state index contributed by atoms with van der Waals surface area (Å²) >= 11 is 0. The Bertz CT molecular complexity index is 180. The number of allylic oxidation sites excluding steroid dienone is 1. The third-order valence-electron chi connectivity index (χ3n) is 3.18. The van der Waals surface area contributed by atoms with Gasteiger partial charge in [-0.1, -0.05) is 65.3 Å². The molecule has 0 bridgehead atoms. The van der Waals surface area contributed by atoms with Gasteiger partial charge in [0, 0.05) is 6.42 Å². The van der Waals surface area contributed by atoms with Gasteiger partial charge in [0.2, 0.25) is 0 Å². The molecule has 0 aliphatic rings. The predicted molar refractivity (Wildman–Crippen MR) is 80.2 cm³/mol. The van der Waals surface area contributed by atoms with Crippen LogP contribution in [0.3, 0.4) is 0 Å². The van der Waals surface area contributed by atoms with Gasteiger partial charge in [-0.25, -0.2) is 0 Å². The molecule has 0 N–H and O–H groups in total. The summed E-state index contributed by atoms with van der Waals surface area (Å²) in [5.74, 6) is 1.65. The largest absolute Gasteiger partial charge is 0.498 e. The van der Waals surface area contributed by atoms with E-state index in [4.69, 9.17) is 4.74 Å². The van der Waals surface area contributed by atoms with Gasteiger partial charge in [-0.15, -0.1) is 0 Å². The molecule has 0 aliphatic heterocycles. The van der Waals surface area contributed by atoms with E-state index in [1.807, 2.05) is 0 Å². The Morgan fingerprint density at radius 2 is 1.88 bits per heavy atom. The Hall–Kier alpha value is -0.395. The third-order valence-corrected chi connectivity index (χ3v) is 3.18. The Balaban J connectivity index is 3.33. The van der Waals surface area contributed by atoms with Crippen LogP contribution in [0.2, 0.25) is 6.32 Å².